The van der Waals surface area contributed by atoms with Gasteiger partial charge in [-0.15, -0.1) is 10.2 Å². The lowest BCUT2D eigenvalue weighted by molar-refractivity contribution is -0.132. The van der Waals surface area contributed by atoms with Crippen LogP contribution in [0.1, 0.15) is 145 Å². The van der Waals surface area contributed by atoms with Crippen molar-refractivity contribution in [2.24, 2.45) is 22.7 Å². The molecule has 0 spiro atoms. The molecule has 376 valence electrons. The van der Waals surface area contributed by atoms with E-state index >= 15 is 0 Å². The van der Waals surface area contributed by atoms with Gasteiger partial charge in [0.15, 0.2) is 5.90 Å². The molecule has 3 aromatic rings. The van der Waals surface area contributed by atoms with Crippen LogP contribution in [0.4, 0.5) is 22.0 Å². The van der Waals surface area contributed by atoms with E-state index in [4.69, 9.17) is 33.8 Å². The second kappa shape index (κ2) is 22.0. The Morgan fingerprint density at radius 3 is 1.69 bits per heavy atom. The van der Waals surface area contributed by atoms with E-state index < -0.39 is 33.4 Å². The van der Waals surface area contributed by atoms with Crippen molar-refractivity contribution in [1.29, 1.82) is 0 Å². The average molecular weight is 1020 g/mol. The van der Waals surface area contributed by atoms with Gasteiger partial charge in [-0.3, -0.25) is 24.2 Å². The van der Waals surface area contributed by atoms with Gasteiger partial charge >= 0.3 is 15.6 Å². The van der Waals surface area contributed by atoms with Crippen LogP contribution in [0.25, 0.3) is 0 Å². The predicted molar refractivity (Wildman–Crippen MR) is 249 cm³/mol. The number of aliphatic imine (C=N–C) groups is 1. The zero-order chi connectivity index (χ0) is 48.3. The molecule has 8 aliphatic rings. The Kier molecular flexibility index (Phi) is 17.3. The fraction of sp³-hybridized carbons (Fsp3) is 0.638. The molecule has 68 heavy (non-hydrogen) atoms. The van der Waals surface area contributed by atoms with E-state index in [1.165, 1.54) is 64.2 Å². The molecule has 1 aromatic heterocycles. The van der Waals surface area contributed by atoms with E-state index in [-0.39, 0.29) is 31.6 Å². The quantitative estimate of drug-likeness (QED) is 0.0246. The molecule has 4 N–H and O–H groups in total. The SMILES string of the molecule is C.COC(=NC1CC1)C1CC1.COS(=O)(=O)C(F)(F)F.FC1CC(c2ccc(Cl)cc2)(c2nnc(C3CC3)n2C2CC2)C1.NNC(=O)C1(c2ccc(Cl)cc2)CC(F)C1.O=C(NC1CC1)C1CC1. The van der Waals surface area contributed by atoms with Crippen LogP contribution in [-0.2, 0) is 39.5 Å². The topological polar surface area (TPSA) is 180 Å². The number of hydrazine groups is 1. The number of nitrogens with one attached hydrogen (secondary N) is 2. The summed E-state index contributed by atoms with van der Waals surface area (Å²) in [4.78, 5) is 27.1. The van der Waals surface area contributed by atoms with Gasteiger partial charge in [0.2, 0.25) is 11.8 Å². The van der Waals surface area contributed by atoms with Crippen molar-refractivity contribution in [2.45, 2.75) is 163 Å². The summed E-state index contributed by atoms with van der Waals surface area (Å²) in [5.74, 6) is 9.88. The van der Waals surface area contributed by atoms with E-state index in [1.54, 1.807) is 31.4 Å². The second-order valence-electron chi connectivity index (χ2n) is 18.7. The summed E-state index contributed by atoms with van der Waals surface area (Å²) < 4.78 is 90.3. The Bertz CT molecular complexity index is 2320. The molecule has 0 saturated heterocycles. The zero-order valence-corrected chi connectivity index (χ0v) is 39.7. The Hall–Kier alpha value is -3.91. The molecule has 8 fully saturated rings. The highest BCUT2D eigenvalue weighted by atomic mass is 35.5. The minimum absolute atomic E-state index is 0. The average Bonchev–Trinajstić information content (AvgIpc) is 4.05. The summed E-state index contributed by atoms with van der Waals surface area (Å²) >= 11 is 11.8. The monoisotopic (exact) mass is 1020 g/mol. The van der Waals surface area contributed by atoms with Crippen molar-refractivity contribution in [2.75, 3.05) is 14.2 Å². The van der Waals surface area contributed by atoms with Crippen molar-refractivity contribution in [3.8, 4) is 0 Å². The third kappa shape index (κ3) is 13.5. The Labute approximate surface area is 405 Å². The highest BCUT2D eigenvalue weighted by Crippen LogP contribution is 2.54. The maximum atomic E-state index is 13.9. The van der Waals surface area contributed by atoms with E-state index in [9.17, 15) is 40.0 Å². The molecule has 0 radical (unpaired) electrons. The number of ether oxygens (including phenoxy) is 1. The smallest absolute Gasteiger partial charge is 0.484 e. The fourth-order valence-electron chi connectivity index (χ4n) is 8.14. The number of carbonyl (C=O) groups excluding carboxylic acids is 2. The van der Waals surface area contributed by atoms with Gasteiger partial charge in [-0.2, -0.15) is 21.6 Å². The van der Waals surface area contributed by atoms with Gasteiger partial charge in [0.05, 0.1) is 31.1 Å². The molecule has 21 heteroatoms. The van der Waals surface area contributed by atoms with E-state index in [2.05, 4.69) is 34.7 Å². The number of nitrogens with zero attached hydrogens (tertiary/aromatic N) is 4. The Morgan fingerprint density at radius 1 is 0.779 bits per heavy atom. The standard InChI is InChI=1S/C18H19ClFN3.C11H12ClFN2O.C8H13NO.C7H11NO.C2H3F3O3S.CH4/c19-13-5-3-12(4-6-13)18(9-14(20)10-18)17-22-21-16(11-1-2-11)23(17)15-7-8-15;12-8-3-1-7(2-4-8)11(10(16)15-14)5-9(13)6-11;1-10-8(6-2-3-6)9-7-4-5-7;9-7(5-1-2-5)8-6-3-4-6;1-8-9(6,7)2(3,4)5;/h3-6,11,14-15H,1-2,7-10H2;1-4,9H,5-6,14H2,(H,15,16);6-7H,2-5H2,1H3;5-6H,1-4H2,(H,8,9);1H3;1H4. The largest absolute Gasteiger partial charge is 0.523 e. The molecule has 0 aliphatic heterocycles. The van der Waals surface area contributed by atoms with Crippen LogP contribution < -0.4 is 16.6 Å². The lowest BCUT2D eigenvalue weighted by Gasteiger charge is -2.44. The summed E-state index contributed by atoms with van der Waals surface area (Å²) in [6.45, 7) is 0. The Balaban J connectivity index is 0.000000148. The van der Waals surface area contributed by atoms with Crippen LogP contribution in [0, 0.1) is 11.8 Å². The summed E-state index contributed by atoms with van der Waals surface area (Å²) in [6, 6.07) is 16.4. The van der Waals surface area contributed by atoms with Crippen molar-refractivity contribution in [3.63, 3.8) is 0 Å². The third-order valence-electron chi connectivity index (χ3n) is 13.0. The number of nitrogens with two attached hydrogens (primary N) is 1. The van der Waals surface area contributed by atoms with Crippen molar-refractivity contribution >= 4 is 51.0 Å². The maximum absolute atomic E-state index is 13.9. The van der Waals surface area contributed by atoms with Crippen molar-refractivity contribution in [3.05, 3.63) is 81.4 Å². The lowest BCUT2D eigenvalue weighted by atomic mass is 9.62. The molecule has 8 saturated carbocycles. The molecule has 1 heterocycles. The number of hydrogen-bond acceptors (Lipinski definition) is 10. The Morgan fingerprint density at radius 2 is 1.31 bits per heavy atom. The molecule has 2 aromatic carbocycles. The number of amides is 2. The van der Waals surface area contributed by atoms with Crippen LogP contribution in [0.15, 0.2) is 53.5 Å². The van der Waals surface area contributed by atoms with Crippen LogP contribution in [-0.4, -0.2) is 85.0 Å². The van der Waals surface area contributed by atoms with Crippen LogP contribution in [0.2, 0.25) is 10.0 Å². The highest BCUT2D eigenvalue weighted by molar-refractivity contribution is 7.87. The van der Waals surface area contributed by atoms with Gasteiger partial charge in [0.1, 0.15) is 24.0 Å². The maximum Gasteiger partial charge on any atom is 0.523 e. The van der Waals surface area contributed by atoms with Gasteiger partial charge in [-0.05, 0) is 138 Å². The number of aromatic nitrogens is 3. The number of alkyl halides is 5. The van der Waals surface area contributed by atoms with Crippen LogP contribution in [0.5, 0.6) is 0 Å². The summed E-state index contributed by atoms with van der Waals surface area (Å²) in [7, 11) is -3.15. The minimum atomic E-state index is -5.34. The first kappa shape index (κ1) is 53.4. The molecular formula is C47H62Cl2F5N7O6S. The first-order valence-corrected chi connectivity index (χ1v) is 25.0. The number of benzene rings is 2. The number of hydrogen-bond donors (Lipinski definition) is 3. The number of halogens is 7. The van der Waals surface area contributed by atoms with Crippen molar-refractivity contribution < 1.29 is 48.9 Å². The van der Waals surface area contributed by atoms with Gasteiger partial charge in [-0.1, -0.05) is 54.9 Å². The van der Waals surface area contributed by atoms with E-state index in [0.717, 1.165) is 41.5 Å². The van der Waals surface area contributed by atoms with Crippen LogP contribution >= 0.6 is 23.2 Å². The number of carbonyl (C=O) groups is 2. The zero-order valence-electron chi connectivity index (χ0n) is 37.4. The van der Waals surface area contributed by atoms with E-state index in [1.807, 2.05) is 24.3 Å². The fourth-order valence-corrected chi connectivity index (χ4v) is 8.58. The van der Waals surface area contributed by atoms with Crippen molar-refractivity contribution in [1.82, 2.24) is 25.5 Å². The molecule has 2 amide bonds. The lowest BCUT2D eigenvalue weighted by Crippen LogP contribution is -2.55. The highest BCUT2D eigenvalue weighted by Gasteiger charge is 2.54. The molecule has 8 aliphatic carbocycles. The van der Waals surface area contributed by atoms with Gasteiger partial charge < -0.3 is 14.6 Å². The normalized spacial score (nSPS) is 26.1. The molecule has 11 rings (SSSR count). The predicted octanol–water partition coefficient (Wildman–Crippen LogP) is 9.66. The van der Waals surface area contributed by atoms with E-state index in [0.29, 0.717) is 71.8 Å². The summed E-state index contributed by atoms with van der Waals surface area (Å²) in [5.41, 5.74) is -2.47. The minimum Gasteiger partial charge on any atom is -0.484 e. The molecular weight excluding hydrogens is 957 g/mol. The molecule has 0 bridgehead atoms. The van der Waals surface area contributed by atoms with Gasteiger partial charge in [-0.25, -0.2) is 14.6 Å². The molecule has 0 unspecified atom stereocenters. The first-order valence-electron chi connectivity index (χ1n) is 22.9. The summed E-state index contributed by atoms with van der Waals surface area (Å²) in [6.07, 6.45) is 14.3. The van der Waals surface area contributed by atoms with Gasteiger partial charge in [0, 0.05) is 39.9 Å². The molecule has 0 atom stereocenters. The van der Waals surface area contributed by atoms with Gasteiger partial charge in [0.25, 0.3) is 0 Å². The molecule has 13 nitrogen and oxygen atoms in total. The number of rotatable bonds is 11. The van der Waals surface area contributed by atoms with Crippen LogP contribution in [0.3, 0.4) is 0 Å². The second-order valence-corrected chi connectivity index (χ2v) is 21.3. The number of methoxy groups -OCH3 is 1. The summed E-state index contributed by atoms with van der Waals surface area (Å²) in [5, 5.41) is 13.4. The third-order valence-corrected chi connectivity index (χ3v) is 14.5. The first-order chi connectivity index (χ1) is 31.8.